The molecule has 0 saturated heterocycles. The Morgan fingerprint density at radius 2 is 2.13 bits per heavy atom. The molecule has 0 saturated carbocycles. The number of nitrogens with one attached hydrogen (secondary N) is 2. The number of fused-ring (bicyclic) bond motifs is 1. The molecule has 0 amide bonds. The molecule has 0 radical (unpaired) electrons. The zero-order chi connectivity index (χ0) is 21.7. The van der Waals surface area contributed by atoms with E-state index in [-0.39, 0.29) is 11.6 Å². The monoisotopic (exact) mass is 414 g/mol. The number of rotatable bonds is 6. The molecule has 164 valence electrons. The van der Waals surface area contributed by atoms with Gasteiger partial charge < -0.3 is 20.1 Å². The molecule has 3 rings (SSSR count). The average Bonchev–Trinajstić information content (AvgIpc) is 3.07. The van der Waals surface area contributed by atoms with Crippen LogP contribution in [0.25, 0.3) is 0 Å². The number of benzene rings is 1. The summed E-state index contributed by atoms with van der Waals surface area (Å²) in [6.07, 6.45) is 1.86. The zero-order valence-corrected chi connectivity index (χ0v) is 19.0. The molecule has 1 aromatic heterocycles. The van der Waals surface area contributed by atoms with E-state index < -0.39 is 0 Å². The van der Waals surface area contributed by atoms with E-state index in [1.165, 1.54) is 5.56 Å². The summed E-state index contributed by atoms with van der Waals surface area (Å²) in [5, 5.41) is 11.5. The highest BCUT2D eigenvalue weighted by atomic mass is 16.5. The van der Waals surface area contributed by atoms with Crippen molar-refractivity contribution >= 4 is 5.96 Å². The van der Waals surface area contributed by atoms with Crippen LogP contribution in [0.4, 0.5) is 0 Å². The lowest BCUT2D eigenvalue weighted by molar-refractivity contribution is 0.129. The first kappa shape index (κ1) is 22.1. The molecule has 8 nitrogen and oxygen atoms in total. The van der Waals surface area contributed by atoms with Gasteiger partial charge in [0.15, 0.2) is 11.8 Å². The number of nitrogens with zero attached hydrogens (tertiary/aromatic N) is 4. The maximum Gasteiger partial charge on any atom is 0.191 e. The van der Waals surface area contributed by atoms with E-state index in [0.717, 1.165) is 48.3 Å². The quantitative estimate of drug-likeness (QED) is 0.558. The number of guanidine groups is 1. The predicted octanol–water partition coefficient (Wildman–Crippen LogP) is 2.59. The highest BCUT2D eigenvalue weighted by Gasteiger charge is 2.22. The standard InChI is InChI=1S/C22H34N6O2/c1-15-7-8-16(18(11-15)30-22(2,3)4)12-24-21(23-5)25-17-9-10-20-26-19(14-29-6)27-28(20)13-17/h7-8,11,17H,9-10,12-14H2,1-6H3,(H2,23,24,25). The van der Waals surface area contributed by atoms with Crippen molar-refractivity contribution in [2.45, 2.75) is 71.9 Å². The van der Waals surface area contributed by atoms with Gasteiger partial charge in [0, 0.05) is 38.7 Å². The van der Waals surface area contributed by atoms with E-state index in [0.29, 0.717) is 13.2 Å². The van der Waals surface area contributed by atoms with Gasteiger partial charge in [-0.2, -0.15) is 5.10 Å². The minimum absolute atomic E-state index is 0.240. The number of methoxy groups -OCH3 is 1. The first-order valence-corrected chi connectivity index (χ1v) is 10.4. The zero-order valence-electron chi connectivity index (χ0n) is 19.0. The van der Waals surface area contributed by atoms with Crippen LogP contribution in [-0.2, 0) is 30.9 Å². The van der Waals surface area contributed by atoms with Crippen LogP contribution >= 0.6 is 0 Å². The minimum atomic E-state index is -0.248. The molecule has 2 N–H and O–H groups in total. The van der Waals surface area contributed by atoms with Gasteiger partial charge in [-0.1, -0.05) is 12.1 Å². The van der Waals surface area contributed by atoms with E-state index in [2.05, 4.69) is 71.6 Å². The van der Waals surface area contributed by atoms with Crippen molar-refractivity contribution in [1.29, 1.82) is 0 Å². The first-order chi connectivity index (χ1) is 14.3. The average molecular weight is 415 g/mol. The van der Waals surface area contributed by atoms with Gasteiger partial charge >= 0.3 is 0 Å². The number of hydrogen-bond acceptors (Lipinski definition) is 5. The van der Waals surface area contributed by atoms with Crippen molar-refractivity contribution < 1.29 is 9.47 Å². The van der Waals surface area contributed by atoms with Gasteiger partial charge in [-0.15, -0.1) is 0 Å². The van der Waals surface area contributed by atoms with Crippen LogP contribution in [0.1, 0.15) is 50.0 Å². The maximum absolute atomic E-state index is 6.16. The molecule has 0 spiro atoms. The van der Waals surface area contributed by atoms with E-state index in [9.17, 15) is 0 Å². The summed E-state index contributed by atoms with van der Waals surface area (Å²) < 4.78 is 13.3. The first-order valence-electron chi connectivity index (χ1n) is 10.4. The summed E-state index contributed by atoms with van der Waals surface area (Å²) in [7, 11) is 3.45. The minimum Gasteiger partial charge on any atom is -0.488 e. The highest BCUT2D eigenvalue weighted by molar-refractivity contribution is 5.80. The van der Waals surface area contributed by atoms with E-state index in [4.69, 9.17) is 9.47 Å². The Kier molecular flexibility index (Phi) is 6.97. The lowest BCUT2D eigenvalue weighted by Gasteiger charge is -2.26. The summed E-state index contributed by atoms with van der Waals surface area (Å²) >= 11 is 0. The Morgan fingerprint density at radius 3 is 2.83 bits per heavy atom. The summed E-state index contributed by atoms with van der Waals surface area (Å²) in [5.74, 6) is 3.43. The molecule has 30 heavy (non-hydrogen) atoms. The second-order valence-electron chi connectivity index (χ2n) is 8.69. The van der Waals surface area contributed by atoms with Crippen molar-refractivity contribution in [3.63, 3.8) is 0 Å². The SMILES string of the molecule is CN=C(NCc1ccc(C)cc1OC(C)(C)C)NC1CCc2nc(COC)nn2C1. The number of ether oxygens (including phenoxy) is 2. The van der Waals surface area contributed by atoms with Crippen LogP contribution in [0.15, 0.2) is 23.2 Å². The summed E-state index contributed by atoms with van der Waals surface area (Å²) in [6, 6.07) is 6.54. The summed E-state index contributed by atoms with van der Waals surface area (Å²) in [6.45, 7) is 10.1. The maximum atomic E-state index is 6.16. The smallest absolute Gasteiger partial charge is 0.191 e. The molecule has 0 fully saturated rings. The van der Waals surface area contributed by atoms with E-state index in [1.807, 2.05) is 4.68 Å². The second kappa shape index (κ2) is 9.47. The molecular weight excluding hydrogens is 380 g/mol. The predicted molar refractivity (Wildman–Crippen MR) is 118 cm³/mol. The molecule has 2 heterocycles. The molecule has 1 atom stereocenters. The van der Waals surface area contributed by atoms with Gasteiger partial charge in [0.25, 0.3) is 0 Å². The number of hydrogen-bond donors (Lipinski definition) is 2. The fourth-order valence-electron chi connectivity index (χ4n) is 3.47. The van der Waals surface area contributed by atoms with Crippen molar-refractivity contribution in [3.05, 3.63) is 41.0 Å². The van der Waals surface area contributed by atoms with Gasteiger partial charge in [0.1, 0.15) is 23.8 Å². The van der Waals surface area contributed by atoms with Gasteiger partial charge in [-0.05, 0) is 45.7 Å². The van der Waals surface area contributed by atoms with Gasteiger partial charge in [-0.25, -0.2) is 9.67 Å². The molecule has 1 aliphatic heterocycles. The number of aromatic nitrogens is 3. The van der Waals surface area contributed by atoms with Crippen LogP contribution in [0, 0.1) is 6.92 Å². The normalized spacial score (nSPS) is 16.9. The van der Waals surface area contributed by atoms with Crippen molar-refractivity contribution in [3.8, 4) is 5.75 Å². The molecular formula is C22H34N6O2. The molecule has 2 aromatic rings. The third-order valence-electron chi connectivity index (χ3n) is 4.82. The van der Waals surface area contributed by atoms with Gasteiger partial charge in [-0.3, -0.25) is 4.99 Å². The Bertz CT molecular complexity index is 884. The highest BCUT2D eigenvalue weighted by Crippen LogP contribution is 2.24. The lowest BCUT2D eigenvalue weighted by atomic mass is 10.1. The molecule has 0 bridgehead atoms. The molecule has 8 heteroatoms. The summed E-state index contributed by atoms with van der Waals surface area (Å²) in [5.41, 5.74) is 2.03. The van der Waals surface area contributed by atoms with E-state index in [1.54, 1.807) is 14.2 Å². The van der Waals surface area contributed by atoms with Gasteiger partial charge in [0.2, 0.25) is 0 Å². The van der Waals surface area contributed by atoms with Crippen LogP contribution in [0.5, 0.6) is 5.75 Å². The van der Waals surface area contributed by atoms with E-state index >= 15 is 0 Å². The van der Waals surface area contributed by atoms with Crippen LogP contribution < -0.4 is 15.4 Å². The molecule has 1 aliphatic rings. The van der Waals surface area contributed by atoms with Crippen LogP contribution in [-0.4, -0.2) is 46.5 Å². The second-order valence-corrected chi connectivity index (χ2v) is 8.69. The fourth-order valence-corrected chi connectivity index (χ4v) is 3.47. The summed E-state index contributed by atoms with van der Waals surface area (Å²) in [4.78, 5) is 8.93. The number of aliphatic imine (C=N–C) groups is 1. The molecule has 0 aliphatic carbocycles. The van der Waals surface area contributed by atoms with Crippen LogP contribution in [0.3, 0.4) is 0 Å². The van der Waals surface area contributed by atoms with Crippen LogP contribution in [0.2, 0.25) is 0 Å². The molecule has 1 aromatic carbocycles. The van der Waals surface area contributed by atoms with Crippen molar-refractivity contribution in [1.82, 2.24) is 25.4 Å². The topological polar surface area (TPSA) is 85.6 Å². The third-order valence-corrected chi connectivity index (χ3v) is 4.82. The van der Waals surface area contributed by atoms with Crippen molar-refractivity contribution in [2.24, 2.45) is 4.99 Å². The largest absolute Gasteiger partial charge is 0.488 e. The Balaban J connectivity index is 1.60. The Hall–Kier alpha value is -2.61. The lowest BCUT2D eigenvalue weighted by Crippen LogP contribution is -2.46. The Labute approximate surface area is 179 Å². The fraction of sp³-hybridized carbons (Fsp3) is 0.591. The van der Waals surface area contributed by atoms with Gasteiger partial charge in [0.05, 0.1) is 6.54 Å². The molecule has 1 unspecified atom stereocenters. The third kappa shape index (κ3) is 5.95. The van der Waals surface area contributed by atoms with Crippen molar-refractivity contribution in [2.75, 3.05) is 14.2 Å². The Morgan fingerprint density at radius 1 is 1.33 bits per heavy atom. The number of aryl methyl sites for hydroxylation is 2.